The number of hydrogen-bond donors (Lipinski definition) is 2. The molecule has 0 saturated carbocycles. The molecule has 1 amide bonds. The number of amides is 1. The molecule has 0 spiro atoms. The van der Waals surface area contributed by atoms with E-state index < -0.39 is 0 Å². The highest BCUT2D eigenvalue weighted by Crippen LogP contribution is 2.08. The molecule has 2 unspecified atom stereocenters. The molecule has 1 rings (SSSR count). The SMILES string of the molecule is CNCC(C)C(=O)NCCC(C)N(C)Cc1ccccc1.Cl.Cl. The van der Waals surface area contributed by atoms with Crippen molar-refractivity contribution in [2.45, 2.75) is 32.9 Å². The molecule has 0 saturated heterocycles. The van der Waals surface area contributed by atoms with Crippen LogP contribution in [0, 0.1) is 5.92 Å². The van der Waals surface area contributed by atoms with Crippen molar-refractivity contribution in [3.05, 3.63) is 35.9 Å². The fourth-order valence-corrected chi connectivity index (χ4v) is 2.22. The molecule has 23 heavy (non-hydrogen) atoms. The lowest BCUT2D eigenvalue weighted by atomic mass is 10.1. The van der Waals surface area contributed by atoms with Crippen LogP contribution in [0.1, 0.15) is 25.8 Å². The van der Waals surface area contributed by atoms with Crippen LogP contribution in [0.3, 0.4) is 0 Å². The topological polar surface area (TPSA) is 44.4 Å². The molecule has 134 valence electrons. The van der Waals surface area contributed by atoms with Gasteiger partial charge in [0.2, 0.25) is 5.91 Å². The minimum Gasteiger partial charge on any atom is -0.356 e. The molecule has 0 bridgehead atoms. The fraction of sp³-hybridized carbons (Fsp3) is 0.588. The van der Waals surface area contributed by atoms with E-state index in [0.29, 0.717) is 6.04 Å². The Kier molecular flexibility index (Phi) is 14.5. The normalized spacial score (nSPS) is 12.7. The summed E-state index contributed by atoms with van der Waals surface area (Å²) in [6, 6.07) is 10.9. The first kappa shape index (κ1) is 24.4. The summed E-state index contributed by atoms with van der Waals surface area (Å²) in [5.41, 5.74) is 1.32. The fourth-order valence-electron chi connectivity index (χ4n) is 2.22. The number of carbonyl (C=O) groups is 1. The lowest BCUT2D eigenvalue weighted by Crippen LogP contribution is -2.37. The van der Waals surface area contributed by atoms with E-state index >= 15 is 0 Å². The molecule has 1 aromatic rings. The van der Waals surface area contributed by atoms with Crippen molar-refractivity contribution < 1.29 is 4.79 Å². The Morgan fingerprint density at radius 1 is 1.17 bits per heavy atom. The summed E-state index contributed by atoms with van der Waals surface area (Å²) in [5.74, 6) is 0.148. The molecule has 2 atom stereocenters. The highest BCUT2D eigenvalue weighted by Gasteiger charge is 2.13. The minimum absolute atomic E-state index is 0. The Morgan fingerprint density at radius 3 is 2.35 bits per heavy atom. The van der Waals surface area contributed by atoms with Crippen molar-refractivity contribution in [2.24, 2.45) is 5.92 Å². The molecule has 1 aromatic carbocycles. The summed E-state index contributed by atoms with van der Waals surface area (Å²) in [7, 11) is 3.99. The smallest absolute Gasteiger partial charge is 0.224 e. The second-order valence-corrected chi connectivity index (χ2v) is 5.79. The molecule has 0 heterocycles. The molecule has 0 fully saturated rings. The van der Waals surface area contributed by atoms with Crippen LogP contribution in [0.4, 0.5) is 0 Å². The van der Waals surface area contributed by atoms with Gasteiger partial charge in [-0.3, -0.25) is 9.69 Å². The van der Waals surface area contributed by atoms with Crippen LogP contribution in [0.25, 0.3) is 0 Å². The Hall–Kier alpha value is -0.810. The van der Waals surface area contributed by atoms with Crippen molar-refractivity contribution in [1.29, 1.82) is 0 Å². The molecular formula is C17H31Cl2N3O. The maximum Gasteiger partial charge on any atom is 0.224 e. The van der Waals surface area contributed by atoms with Gasteiger partial charge in [0.05, 0.1) is 0 Å². The lowest BCUT2D eigenvalue weighted by molar-refractivity contribution is -0.124. The predicted molar refractivity (Wildman–Crippen MR) is 103 cm³/mol. The van der Waals surface area contributed by atoms with Gasteiger partial charge < -0.3 is 10.6 Å². The van der Waals surface area contributed by atoms with Crippen molar-refractivity contribution in [3.8, 4) is 0 Å². The maximum absolute atomic E-state index is 11.8. The zero-order valence-corrected chi connectivity index (χ0v) is 16.2. The largest absolute Gasteiger partial charge is 0.356 e. The van der Waals surface area contributed by atoms with E-state index in [4.69, 9.17) is 0 Å². The molecule has 0 radical (unpaired) electrons. The number of halogens is 2. The van der Waals surface area contributed by atoms with Gasteiger partial charge in [0.1, 0.15) is 0 Å². The zero-order valence-electron chi connectivity index (χ0n) is 14.5. The number of rotatable bonds is 9. The number of hydrogen-bond acceptors (Lipinski definition) is 3. The molecular weight excluding hydrogens is 333 g/mol. The molecule has 0 aliphatic rings. The van der Waals surface area contributed by atoms with Crippen LogP contribution in [0.2, 0.25) is 0 Å². The minimum atomic E-state index is 0. The van der Waals surface area contributed by atoms with Crippen molar-refractivity contribution in [2.75, 3.05) is 27.2 Å². The van der Waals surface area contributed by atoms with E-state index in [1.165, 1.54) is 5.56 Å². The monoisotopic (exact) mass is 363 g/mol. The van der Waals surface area contributed by atoms with Crippen molar-refractivity contribution in [3.63, 3.8) is 0 Å². The Balaban J connectivity index is 0. The summed E-state index contributed by atoms with van der Waals surface area (Å²) in [6.45, 7) is 6.53. The number of benzene rings is 1. The van der Waals surface area contributed by atoms with Gasteiger partial charge in [0, 0.05) is 31.6 Å². The second-order valence-electron chi connectivity index (χ2n) is 5.79. The van der Waals surface area contributed by atoms with E-state index in [9.17, 15) is 4.79 Å². The summed E-state index contributed by atoms with van der Waals surface area (Å²) >= 11 is 0. The predicted octanol–water partition coefficient (Wildman–Crippen LogP) is 2.71. The standard InChI is InChI=1S/C17H29N3O.2ClH/c1-14(12-18-3)17(21)19-11-10-15(2)20(4)13-16-8-6-5-7-9-16;;/h5-9,14-15,18H,10-13H2,1-4H3,(H,19,21);2*1H. The van der Waals surface area contributed by atoms with Crippen molar-refractivity contribution in [1.82, 2.24) is 15.5 Å². The highest BCUT2D eigenvalue weighted by molar-refractivity contribution is 5.85. The van der Waals surface area contributed by atoms with E-state index in [2.05, 4.69) is 53.8 Å². The average Bonchev–Trinajstić information content (AvgIpc) is 2.48. The first-order valence-corrected chi connectivity index (χ1v) is 7.71. The van der Waals surface area contributed by atoms with Gasteiger partial charge in [-0.2, -0.15) is 0 Å². The molecule has 4 nitrogen and oxygen atoms in total. The van der Waals surface area contributed by atoms with E-state index in [-0.39, 0.29) is 36.6 Å². The van der Waals surface area contributed by atoms with Gasteiger partial charge in [-0.05, 0) is 33.0 Å². The second kappa shape index (κ2) is 13.6. The summed E-state index contributed by atoms with van der Waals surface area (Å²) in [5, 5.41) is 6.04. The Bertz CT molecular complexity index is 418. The van der Waals surface area contributed by atoms with Crippen LogP contribution < -0.4 is 10.6 Å². The van der Waals surface area contributed by atoms with Crippen LogP contribution in [-0.4, -0.2) is 44.0 Å². The molecule has 0 aromatic heterocycles. The molecule has 2 N–H and O–H groups in total. The summed E-state index contributed by atoms with van der Waals surface area (Å²) in [6.07, 6.45) is 0.960. The summed E-state index contributed by atoms with van der Waals surface area (Å²) < 4.78 is 0. The first-order valence-electron chi connectivity index (χ1n) is 7.71. The van der Waals surface area contributed by atoms with Gasteiger partial charge in [0.15, 0.2) is 0 Å². The number of nitrogens with one attached hydrogen (secondary N) is 2. The van der Waals surface area contributed by atoms with Gasteiger partial charge in [0.25, 0.3) is 0 Å². The quantitative estimate of drug-likeness (QED) is 0.708. The van der Waals surface area contributed by atoms with E-state index in [0.717, 1.165) is 26.1 Å². The van der Waals surface area contributed by atoms with Crippen LogP contribution in [-0.2, 0) is 11.3 Å². The average molecular weight is 364 g/mol. The van der Waals surface area contributed by atoms with Gasteiger partial charge in [-0.25, -0.2) is 0 Å². The van der Waals surface area contributed by atoms with Gasteiger partial charge in [-0.1, -0.05) is 37.3 Å². The lowest BCUT2D eigenvalue weighted by Gasteiger charge is -2.25. The third kappa shape index (κ3) is 9.82. The van der Waals surface area contributed by atoms with Gasteiger partial charge >= 0.3 is 0 Å². The van der Waals surface area contributed by atoms with Gasteiger partial charge in [-0.15, -0.1) is 24.8 Å². The third-order valence-corrected chi connectivity index (χ3v) is 3.85. The Labute approximate surface area is 153 Å². The van der Waals surface area contributed by atoms with Crippen LogP contribution in [0.5, 0.6) is 0 Å². The van der Waals surface area contributed by atoms with E-state index in [1.807, 2.05) is 20.0 Å². The molecule has 0 aliphatic heterocycles. The number of carbonyl (C=O) groups excluding carboxylic acids is 1. The van der Waals surface area contributed by atoms with Crippen LogP contribution >= 0.6 is 24.8 Å². The summed E-state index contributed by atoms with van der Waals surface area (Å²) in [4.78, 5) is 14.1. The molecule has 6 heteroatoms. The Morgan fingerprint density at radius 2 is 1.78 bits per heavy atom. The zero-order chi connectivity index (χ0) is 15.7. The molecule has 0 aliphatic carbocycles. The highest BCUT2D eigenvalue weighted by atomic mass is 35.5. The number of nitrogens with zero attached hydrogens (tertiary/aromatic N) is 1. The van der Waals surface area contributed by atoms with Crippen molar-refractivity contribution >= 4 is 30.7 Å². The maximum atomic E-state index is 11.8. The van der Waals surface area contributed by atoms with E-state index in [1.54, 1.807) is 0 Å². The third-order valence-electron chi connectivity index (χ3n) is 3.85. The van der Waals surface area contributed by atoms with Crippen LogP contribution in [0.15, 0.2) is 30.3 Å². The first-order chi connectivity index (χ1) is 10.0.